The van der Waals surface area contributed by atoms with Crippen LogP contribution in [0.5, 0.6) is 0 Å². The van der Waals surface area contributed by atoms with Gasteiger partial charge in [-0.25, -0.2) is 0 Å². The van der Waals surface area contributed by atoms with Crippen LogP contribution in [-0.2, 0) is 9.53 Å². The van der Waals surface area contributed by atoms with Gasteiger partial charge in [-0.1, -0.05) is 58.8 Å². The van der Waals surface area contributed by atoms with Crippen molar-refractivity contribution in [2.45, 2.75) is 84.2 Å². The topological polar surface area (TPSA) is 26.3 Å². The standard InChI is InChI=1S/C15H29ClO2/c1-3-5-6-7-8-9-10-12-14(11-4-2)18-15(17)13-16/h14H,3-13H2,1-2H3. The second-order valence-corrected chi connectivity index (χ2v) is 5.21. The summed E-state index contributed by atoms with van der Waals surface area (Å²) in [5.74, 6) is -0.310. The molecule has 0 bridgehead atoms. The SMILES string of the molecule is CCCCCCCCCC(CCC)OC(=O)CCl. The molecule has 2 nitrogen and oxygen atoms in total. The zero-order valence-electron chi connectivity index (χ0n) is 12.0. The number of rotatable bonds is 12. The summed E-state index contributed by atoms with van der Waals surface area (Å²) < 4.78 is 5.31. The van der Waals surface area contributed by atoms with E-state index in [0.717, 1.165) is 25.7 Å². The molecule has 0 aliphatic heterocycles. The third kappa shape index (κ3) is 10.9. The van der Waals surface area contributed by atoms with E-state index in [1.54, 1.807) is 0 Å². The first-order valence-electron chi connectivity index (χ1n) is 7.50. The molecule has 0 aromatic rings. The van der Waals surface area contributed by atoms with Crippen LogP contribution in [0.15, 0.2) is 0 Å². The maximum absolute atomic E-state index is 11.1. The highest BCUT2D eigenvalue weighted by Crippen LogP contribution is 2.14. The van der Waals surface area contributed by atoms with Crippen LogP contribution < -0.4 is 0 Å². The minimum Gasteiger partial charge on any atom is -0.461 e. The Hall–Kier alpha value is -0.240. The molecule has 0 aliphatic carbocycles. The van der Waals surface area contributed by atoms with Gasteiger partial charge in [0.15, 0.2) is 0 Å². The molecule has 0 aliphatic rings. The van der Waals surface area contributed by atoms with E-state index in [4.69, 9.17) is 16.3 Å². The molecule has 0 saturated heterocycles. The van der Waals surface area contributed by atoms with E-state index >= 15 is 0 Å². The summed E-state index contributed by atoms with van der Waals surface area (Å²) in [6, 6.07) is 0. The third-order valence-electron chi connectivity index (χ3n) is 3.15. The monoisotopic (exact) mass is 276 g/mol. The summed E-state index contributed by atoms with van der Waals surface area (Å²) in [7, 11) is 0. The highest BCUT2D eigenvalue weighted by Gasteiger charge is 2.12. The van der Waals surface area contributed by atoms with E-state index in [9.17, 15) is 4.79 Å². The van der Waals surface area contributed by atoms with Crippen LogP contribution in [0.2, 0.25) is 0 Å². The van der Waals surface area contributed by atoms with Crippen LogP contribution >= 0.6 is 11.6 Å². The molecular weight excluding hydrogens is 248 g/mol. The van der Waals surface area contributed by atoms with E-state index in [1.807, 2.05) is 0 Å². The minimum absolute atomic E-state index is 0.0305. The highest BCUT2D eigenvalue weighted by atomic mass is 35.5. The Morgan fingerprint density at radius 2 is 1.56 bits per heavy atom. The van der Waals surface area contributed by atoms with Gasteiger partial charge in [-0.2, -0.15) is 0 Å². The smallest absolute Gasteiger partial charge is 0.321 e. The fourth-order valence-electron chi connectivity index (χ4n) is 2.13. The predicted molar refractivity (Wildman–Crippen MR) is 78.1 cm³/mol. The summed E-state index contributed by atoms with van der Waals surface area (Å²) in [6.45, 7) is 4.35. The zero-order chi connectivity index (χ0) is 13.6. The molecule has 1 atom stereocenters. The molecule has 0 aromatic carbocycles. The molecule has 0 heterocycles. The summed E-state index contributed by atoms with van der Waals surface area (Å²) in [6.07, 6.45) is 12.1. The molecule has 1 unspecified atom stereocenters. The number of unbranched alkanes of at least 4 members (excludes halogenated alkanes) is 6. The van der Waals surface area contributed by atoms with Crippen molar-refractivity contribution in [1.29, 1.82) is 0 Å². The number of esters is 1. The number of carbonyl (C=O) groups is 1. The number of ether oxygens (including phenoxy) is 1. The third-order valence-corrected chi connectivity index (χ3v) is 3.37. The molecule has 0 radical (unpaired) electrons. The average Bonchev–Trinajstić information content (AvgIpc) is 2.37. The van der Waals surface area contributed by atoms with E-state index in [-0.39, 0.29) is 18.0 Å². The average molecular weight is 277 g/mol. The molecule has 0 fully saturated rings. The van der Waals surface area contributed by atoms with Crippen molar-refractivity contribution in [3.63, 3.8) is 0 Å². The lowest BCUT2D eigenvalue weighted by Gasteiger charge is -2.16. The maximum Gasteiger partial charge on any atom is 0.321 e. The van der Waals surface area contributed by atoms with Crippen LogP contribution in [0.1, 0.15) is 78.1 Å². The first-order chi connectivity index (χ1) is 8.74. The predicted octanol–water partition coefficient (Wildman–Crippen LogP) is 5.08. The van der Waals surface area contributed by atoms with Crippen LogP contribution in [0, 0.1) is 0 Å². The lowest BCUT2D eigenvalue weighted by Crippen LogP contribution is -2.18. The van der Waals surface area contributed by atoms with Gasteiger partial charge in [-0.05, 0) is 19.3 Å². The van der Waals surface area contributed by atoms with Gasteiger partial charge < -0.3 is 4.74 Å². The first-order valence-corrected chi connectivity index (χ1v) is 8.03. The Balaban J connectivity index is 3.54. The lowest BCUT2D eigenvalue weighted by molar-refractivity contribution is -0.146. The lowest BCUT2D eigenvalue weighted by atomic mass is 10.0. The van der Waals surface area contributed by atoms with Gasteiger partial charge in [0.25, 0.3) is 0 Å². The largest absolute Gasteiger partial charge is 0.461 e. The minimum atomic E-state index is -0.280. The Bertz CT molecular complexity index is 195. The van der Waals surface area contributed by atoms with Crippen LogP contribution in [0.4, 0.5) is 0 Å². The van der Waals surface area contributed by atoms with E-state index in [2.05, 4.69) is 13.8 Å². The molecule has 18 heavy (non-hydrogen) atoms. The molecule has 0 spiro atoms. The molecule has 3 heteroatoms. The molecule has 0 N–H and O–H groups in total. The number of hydrogen-bond donors (Lipinski definition) is 0. The second-order valence-electron chi connectivity index (χ2n) is 4.94. The Labute approximate surface area is 117 Å². The quantitative estimate of drug-likeness (QED) is 0.282. The maximum atomic E-state index is 11.1. The van der Waals surface area contributed by atoms with Gasteiger partial charge in [0.05, 0.1) is 0 Å². The van der Waals surface area contributed by atoms with Gasteiger partial charge in [0, 0.05) is 0 Å². The zero-order valence-corrected chi connectivity index (χ0v) is 12.8. The molecule has 0 aromatic heterocycles. The van der Waals surface area contributed by atoms with Crippen LogP contribution in [0.25, 0.3) is 0 Å². The molecule has 0 saturated carbocycles. The molecule has 108 valence electrons. The Morgan fingerprint density at radius 1 is 0.944 bits per heavy atom. The number of alkyl halides is 1. The van der Waals surface area contributed by atoms with Crippen LogP contribution in [0.3, 0.4) is 0 Å². The number of hydrogen-bond acceptors (Lipinski definition) is 2. The number of halogens is 1. The fourth-order valence-corrected chi connectivity index (χ4v) is 2.19. The fraction of sp³-hybridized carbons (Fsp3) is 0.933. The summed E-state index contributed by atoms with van der Waals surface area (Å²) >= 11 is 5.45. The first kappa shape index (κ1) is 17.8. The van der Waals surface area contributed by atoms with E-state index < -0.39 is 0 Å². The van der Waals surface area contributed by atoms with Gasteiger partial charge in [-0.15, -0.1) is 11.6 Å². The van der Waals surface area contributed by atoms with Gasteiger partial charge in [0.2, 0.25) is 0 Å². The summed E-state index contributed by atoms with van der Waals surface area (Å²) in [4.78, 5) is 11.1. The van der Waals surface area contributed by atoms with Crippen molar-refractivity contribution in [1.82, 2.24) is 0 Å². The second kappa shape index (κ2) is 13.2. The normalized spacial score (nSPS) is 12.4. The van der Waals surface area contributed by atoms with Crippen molar-refractivity contribution in [3.8, 4) is 0 Å². The molecule has 0 amide bonds. The van der Waals surface area contributed by atoms with Crippen molar-refractivity contribution in [2.75, 3.05) is 5.88 Å². The molecular formula is C15H29ClO2. The van der Waals surface area contributed by atoms with Crippen molar-refractivity contribution < 1.29 is 9.53 Å². The van der Waals surface area contributed by atoms with Gasteiger partial charge in [0.1, 0.15) is 12.0 Å². The van der Waals surface area contributed by atoms with Crippen LogP contribution in [-0.4, -0.2) is 18.0 Å². The van der Waals surface area contributed by atoms with Crippen molar-refractivity contribution >= 4 is 17.6 Å². The summed E-state index contributed by atoms with van der Waals surface area (Å²) in [5, 5.41) is 0. The van der Waals surface area contributed by atoms with Crippen molar-refractivity contribution in [2.24, 2.45) is 0 Å². The number of carbonyl (C=O) groups excluding carboxylic acids is 1. The van der Waals surface area contributed by atoms with Gasteiger partial charge >= 0.3 is 5.97 Å². The highest BCUT2D eigenvalue weighted by molar-refractivity contribution is 6.26. The van der Waals surface area contributed by atoms with E-state index in [0.29, 0.717) is 0 Å². The Morgan fingerprint density at radius 3 is 2.11 bits per heavy atom. The van der Waals surface area contributed by atoms with Crippen molar-refractivity contribution in [3.05, 3.63) is 0 Å². The Kier molecular flexibility index (Phi) is 13.0. The van der Waals surface area contributed by atoms with Gasteiger partial charge in [-0.3, -0.25) is 4.79 Å². The molecule has 0 rings (SSSR count). The van der Waals surface area contributed by atoms with E-state index in [1.165, 1.54) is 38.5 Å². The summed E-state index contributed by atoms with van der Waals surface area (Å²) in [5.41, 5.74) is 0.